The molecule has 0 radical (unpaired) electrons. The van der Waals surface area contributed by atoms with Crippen molar-refractivity contribution in [3.63, 3.8) is 0 Å². The molecular weight excluding hydrogens is 270 g/mol. The molecule has 0 saturated carbocycles. The van der Waals surface area contributed by atoms with E-state index in [1.54, 1.807) is 11.3 Å². The van der Waals surface area contributed by atoms with Crippen LogP contribution in [0.15, 0.2) is 47.0 Å². The zero-order valence-corrected chi connectivity index (χ0v) is 12.0. The monoisotopic (exact) mass is 285 g/mol. The standard InChI is InChI=1S/C15H15N3OS/c1-11-17-15(19-18-11)10-16-9-13-7-8-14(20-13)12-5-3-2-4-6-12/h2-8,16H,9-10H2,1H3. The predicted octanol–water partition coefficient (Wildman–Crippen LogP) is 3.40. The number of hydrogen-bond donors (Lipinski definition) is 1. The lowest BCUT2D eigenvalue weighted by molar-refractivity contribution is 0.364. The largest absolute Gasteiger partial charge is 0.338 e. The SMILES string of the molecule is Cc1noc(CNCc2ccc(-c3ccccc3)s2)n1. The molecule has 0 aliphatic carbocycles. The van der Waals surface area contributed by atoms with E-state index in [1.165, 1.54) is 15.3 Å². The molecule has 3 aromatic rings. The van der Waals surface area contributed by atoms with E-state index in [2.05, 4.69) is 51.9 Å². The summed E-state index contributed by atoms with van der Waals surface area (Å²) in [6.45, 7) is 3.22. The zero-order chi connectivity index (χ0) is 13.8. The van der Waals surface area contributed by atoms with Gasteiger partial charge in [-0.15, -0.1) is 11.3 Å². The molecule has 0 aliphatic heterocycles. The highest BCUT2D eigenvalue weighted by atomic mass is 32.1. The van der Waals surface area contributed by atoms with Gasteiger partial charge in [-0.1, -0.05) is 35.5 Å². The van der Waals surface area contributed by atoms with Crippen molar-refractivity contribution < 1.29 is 4.52 Å². The molecule has 1 aromatic carbocycles. The van der Waals surface area contributed by atoms with Gasteiger partial charge in [0.05, 0.1) is 6.54 Å². The molecule has 1 N–H and O–H groups in total. The molecule has 0 amide bonds. The van der Waals surface area contributed by atoms with Crippen molar-refractivity contribution in [2.45, 2.75) is 20.0 Å². The maximum atomic E-state index is 5.06. The third kappa shape index (κ3) is 3.12. The van der Waals surface area contributed by atoms with E-state index in [4.69, 9.17) is 4.52 Å². The molecule has 2 aromatic heterocycles. The van der Waals surface area contributed by atoms with Gasteiger partial charge >= 0.3 is 0 Å². The number of hydrogen-bond acceptors (Lipinski definition) is 5. The predicted molar refractivity (Wildman–Crippen MR) is 79.3 cm³/mol. The van der Waals surface area contributed by atoms with Gasteiger partial charge in [0.1, 0.15) is 0 Å². The van der Waals surface area contributed by atoms with Crippen LogP contribution in [0.3, 0.4) is 0 Å². The summed E-state index contributed by atoms with van der Waals surface area (Å²) in [5.41, 5.74) is 1.26. The van der Waals surface area contributed by atoms with Gasteiger partial charge in [0.25, 0.3) is 0 Å². The number of aromatic nitrogens is 2. The molecule has 0 unspecified atom stereocenters. The third-order valence-electron chi connectivity index (χ3n) is 2.87. The number of aryl methyl sites for hydroxylation is 1. The van der Waals surface area contributed by atoms with Crippen LogP contribution < -0.4 is 5.32 Å². The molecule has 0 spiro atoms. The highest BCUT2D eigenvalue weighted by molar-refractivity contribution is 7.15. The molecule has 0 atom stereocenters. The molecule has 20 heavy (non-hydrogen) atoms. The summed E-state index contributed by atoms with van der Waals surface area (Å²) in [4.78, 5) is 6.74. The summed E-state index contributed by atoms with van der Waals surface area (Å²) in [7, 11) is 0. The Bertz CT molecular complexity index is 675. The maximum absolute atomic E-state index is 5.06. The van der Waals surface area contributed by atoms with Crippen LogP contribution in [-0.2, 0) is 13.1 Å². The highest BCUT2D eigenvalue weighted by Gasteiger charge is 2.04. The second-order valence-electron chi connectivity index (χ2n) is 4.47. The number of nitrogens with zero attached hydrogens (tertiary/aromatic N) is 2. The highest BCUT2D eigenvalue weighted by Crippen LogP contribution is 2.27. The maximum Gasteiger partial charge on any atom is 0.240 e. The lowest BCUT2D eigenvalue weighted by atomic mass is 10.2. The fourth-order valence-corrected chi connectivity index (χ4v) is 2.92. The minimum atomic E-state index is 0.597. The van der Waals surface area contributed by atoms with E-state index in [1.807, 2.05) is 13.0 Å². The van der Waals surface area contributed by atoms with E-state index in [0.29, 0.717) is 18.3 Å². The van der Waals surface area contributed by atoms with E-state index in [-0.39, 0.29) is 0 Å². The first-order valence-electron chi connectivity index (χ1n) is 6.45. The molecule has 0 bridgehead atoms. The van der Waals surface area contributed by atoms with Crippen LogP contribution in [0, 0.1) is 6.92 Å². The fourth-order valence-electron chi connectivity index (χ4n) is 1.93. The van der Waals surface area contributed by atoms with Crippen LogP contribution in [0.25, 0.3) is 10.4 Å². The molecule has 2 heterocycles. The normalized spacial score (nSPS) is 10.8. The Morgan fingerprint density at radius 2 is 1.95 bits per heavy atom. The zero-order valence-electron chi connectivity index (χ0n) is 11.2. The van der Waals surface area contributed by atoms with Gasteiger partial charge in [0, 0.05) is 16.3 Å². The number of benzene rings is 1. The average Bonchev–Trinajstić information content (AvgIpc) is 3.09. The molecular formula is C15H15N3OS. The van der Waals surface area contributed by atoms with E-state index in [0.717, 1.165) is 6.54 Å². The fraction of sp³-hybridized carbons (Fsp3) is 0.200. The Morgan fingerprint density at radius 1 is 1.10 bits per heavy atom. The van der Waals surface area contributed by atoms with Gasteiger partial charge in [0.2, 0.25) is 5.89 Å². The molecule has 3 rings (SSSR count). The van der Waals surface area contributed by atoms with E-state index < -0.39 is 0 Å². The quantitative estimate of drug-likeness (QED) is 0.780. The van der Waals surface area contributed by atoms with Gasteiger partial charge in [-0.2, -0.15) is 4.98 Å². The van der Waals surface area contributed by atoms with Crippen molar-refractivity contribution in [2.24, 2.45) is 0 Å². The van der Waals surface area contributed by atoms with Crippen molar-refractivity contribution in [1.82, 2.24) is 15.5 Å². The van der Waals surface area contributed by atoms with Crippen LogP contribution >= 0.6 is 11.3 Å². The third-order valence-corrected chi connectivity index (χ3v) is 4.00. The Kier molecular flexibility index (Phi) is 3.90. The average molecular weight is 285 g/mol. The second-order valence-corrected chi connectivity index (χ2v) is 5.64. The Balaban J connectivity index is 1.58. The summed E-state index contributed by atoms with van der Waals surface area (Å²) < 4.78 is 5.06. The lowest BCUT2D eigenvalue weighted by Crippen LogP contribution is -2.11. The topological polar surface area (TPSA) is 51.0 Å². The number of nitrogens with one attached hydrogen (secondary N) is 1. The van der Waals surface area contributed by atoms with Crippen molar-refractivity contribution in [3.05, 3.63) is 59.1 Å². The molecule has 4 nitrogen and oxygen atoms in total. The van der Waals surface area contributed by atoms with Crippen molar-refractivity contribution in [2.75, 3.05) is 0 Å². The summed E-state index contributed by atoms with van der Waals surface area (Å²) in [5, 5.41) is 7.07. The van der Waals surface area contributed by atoms with Crippen LogP contribution in [0.1, 0.15) is 16.6 Å². The molecule has 102 valence electrons. The van der Waals surface area contributed by atoms with Gasteiger partial charge in [-0.05, 0) is 24.6 Å². The smallest absolute Gasteiger partial charge is 0.240 e. The van der Waals surface area contributed by atoms with Gasteiger partial charge < -0.3 is 9.84 Å². The molecule has 5 heteroatoms. The summed E-state index contributed by atoms with van der Waals surface area (Å²) in [5.74, 6) is 1.30. The first-order chi connectivity index (χ1) is 9.81. The first-order valence-corrected chi connectivity index (χ1v) is 7.27. The minimum Gasteiger partial charge on any atom is -0.338 e. The van der Waals surface area contributed by atoms with Gasteiger partial charge in [0.15, 0.2) is 5.82 Å². The van der Waals surface area contributed by atoms with E-state index >= 15 is 0 Å². The van der Waals surface area contributed by atoms with Crippen LogP contribution in [0.4, 0.5) is 0 Å². The van der Waals surface area contributed by atoms with Crippen molar-refractivity contribution in [1.29, 1.82) is 0 Å². The van der Waals surface area contributed by atoms with Crippen LogP contribution in [0.2, 0.25) is 0 Å². The van der Waals surface area contributed by atoms with E-state index in [9.17, 15) is 0 Å². The Hall–Kier alpha value is -1.98. The Morgan fingerprint density at radius 3 is 2.70 bits per heavy atom. The van der Waals surface area contributed by atoms with Crippen LogP contribution in [-0.4, -0.2) is 10.1 Å². The summed E-state index contributed by atoms with van der Waals surface area (Å²) in [6, 6.07) is 14.7. The summed E-state index contributed by atoms with van der Waals surface area (Å²) >= 11 is 1.80. The number of rotatable bonds is 5. The minimum absolute atomic E-state index is 0.597. The first kappa shape index (κ1) is 13.0. The molecule has 0 aliphatic rings. The number of thiophene rings is 1. The van der Waals surface area contributed by atoms with Gasteiger partial charge in [-0.25, -0.2) is 0 Å². The molecule has 0 fully saturated rings. The summed E-state index contributed by atoms with van der Waals surface area (Å²) in [6.07, 6.45) is 0. The van der Waals surface area contributed by atoms with Crippen molar-refractivity contribution >= 4 is 11.3 Å². The molecule has 0 saturated heterocycles. The lowest BCUT2D eigenvalue weighted by Gasteiger charge is -1.98. The van der Waals surface area contributed by atoms with Gasteiger partial charge in [-0.3, -0.25) is 0 Å². The second kappa shape index (κ2) is 5.98. The Labute approximate surface area is 121 Å². The van der Waals surface area contributed by atoms with Crippen LogP contribution in [0.5, 0.6) is 0 Å². The van der Waals surface area contributed by atoms with Crippen molar-refractivity contribution in [3.8, 4) is 10.4 Å².